The normalized spacial score (nSPS) is 10.7. The second kappa shape index (κ2) is 4.42. The number of benzene rings is 1. The summed E-state index contributed by atoms with van der Waals surface area (Å²) in [5.41, 5.74) is 0.959. The van der Waals surface area contributed by atoms with Gasteiger partial charge in [0.25, 0.3) is 0 Å². The van der Waals surface area contributed by atoms with Crippen LogP contribution in [0, 0.1) is 0 Å². The maximum Gasteiger partial charge on any atom is 0.0962 e. The average Bonchev–Trinajstić information content (AvgIpc) is 2.03. The van der Waals surface area contributed by atoms with Crippen LogP contribution in [0.5, 0.6) is 0 Å². The molecule has 66 valence electrons. The van der Waals surface area contributed by atoms with Crippen LogP contribution in [0.1, 0.15) is 5.56 Å². The van der Waals surface area contributed by atoms with Gasteiger partial charge < -0.3 is 0 Å². The Bertz CT molecular complexity index is 235. The molecule has 1 aromatic carbocycles. The molecule has 0 spiro atoms. The van der Waals surface area contributed by atoms with Gasteiger partial charge in [0.1, 0.15) is 0 Å². The molecule has 0 aliphatic rings. The van der Waals surface area contributed by atoms with Gasteiger partial charge in [0.2, 0.25) is 0 Å². The Morgan fingerprint density at radius 1 is 1.42 bits per heavy atom. The molecule has 12 heavy (non-hydrogen) atoms. The molecule has 1 aromatic rings. The largest absolute Gasteiger partial charge is 0.290 e. The molecule has 0 aliphatic carbocycles. The molecule has 0 radical (unpaired) electrons. The molecule has 1 N–H and O–H groups in total. The second-order valence-corrected chi connectivity index (χ2v) is 2.80. The van der Waals surface area contributed by atoms with Crippen molar-refractivity contribution in [1.29, 1.82) is 0 Å². The van der Waals surface area contributed by atoms with Gasteiger partial charge in [-0.05, 0) is 17.7 Å². The first-order chi connectivity index (χ1) is 5.68. The lowest BCUT2D eigenvalue weighted by atomic mass is 10.2. The molecule has 4 heteroatoms. The molecular weight excluding hydrogens is 178 g/mol. The Morgan fingerprint density at radius 2 is 2.00 bits per heavy atom. The molecular formula is C8H10ClNO2. The molecule has 0 fully saturated rings. The molecule has 1 rings (SSSR count). The van der Waals surface area contributed by atoms with Gasteiger partial charge >= 0.3 is 0 Å². The van der Waals surface area contributed by atoms with Crippen molar-refractivity contribution >= 4 is 11.6 Å². The van der Waals surface area contributed by atoms with Gasteiger partial charge in [0.15, 0.2) is 0 Å². The summed E-state index contributed by atoms with van der Waals surface area (Å²) in [7, 11) is 1.41. The van der Waals surface area contributed by atoms with Crippen molar-refractivity contribution in [3.05, 3.63) is 34.9 Å². The fourth-order valence-corrected chi connectivity index (χ4v) is 0.875. The highest BCUT2D eigenvalue weighted by atomic mass is 35.5. The van der Waals surface area contributed by atoms with Crippen LogP contribution in [-0.4, -0.2) is 17.5 Å². The smallest absolute Gasteiger partial charge is 0.0962 e. The Hall–Kier alpha value is -0.610. The third-order valence-corrected chi connectivity index (χ3v) is 1.58. The van der Waals surface area contributed by atoms with E-state index >= 15 is 0 Å². The first-order valence-electron chi connectivity index (χ1n) is 3.48. The van der Waals surface area contributed by atoms with Gasteiger partial charge in [0.05, 0.1) is 6.61 Å². The van der Waals surface area contributed by atoms with Crippen LogP contribution in [0.4, 0.5) is 0 Å². The number of halogens is 1. The van der Waals surface area contributed by atoms with E-state index < -0.39 is 0 Å². The molecule has 0 saturated carbocycles. The van der Waals surface area contributed by atoms with E-state index in [1.807, 2.05) is 12.1 Å². The zero-order valence-electron chi connectivity index (χ0n) is 6.70. The topological polar surface area (TPSA) is 32.7 Å². The van der Waals surface area contributed by atoms with E-state index in [4.69, 9.17) is 21.6 Å². The lowest BCUT2D eigenvalue weighted by Gasteiger charge is -2.07. The molecule has 0 amide bonds. The van der Waals surface area contributed by atoms with Crippen LogP contribution in [0.2, 0.25) is 5.02 Å². The predicted molar refractivity (Wildman–Crippen MR) is 45.8 cm³/mol. The summed E-state index contributed by atoms with van der Waals surface area (Å²) in [6.07, 6.45) is 0. The van der Waals surface area contributed by atoms with Crippen molar-refractivity contribution in [2.45, 2.75) is 6.61 Å². The lowest BCUT2D eigenvalue weighted by molar-refractivity contribution is -0.330. The quantitative estimate of drug-likeness (QED) is 0.736. The van der Waals surface area contributed by atoms with Crippen molar-refractivity contribution in [2.24, 2.45) is 0 Å². The van der Waals surface area contributed by atoms with Gasteiger partial charge in [-0.2, -0.15) is 0 Å². The molecule has 0 bridgehead atoms. The van der Waals surface area contributed by atoms with Crippen LogP contribution < -0.4 is 0 Å². The Morgan fingerprint density at radius 3 is 2.50 bits per heavy atom. The predicted octanol–water partition coefficient (Wildman–Crippen LogP) is 2.09. The van der Waals surface area contributed by atoms with E-state index in [1.54, 1.807) is 12.1 Å². The summed E-state index contributed by atoms with van der Waals surface area (Å²) in [5, 5.41) is 10.0. The maximum atomic E-state index is 8.65. The maximum absolute atomic E-state index is 8.65. The van der Waals surface area contributed by atoms with Crippen molar-refractivity contribution in [1.82, 2.24) is 5.23 Å². The van der Waals surface area contributed by atoms with Gasteiger partial charge in [-0.1, -0.05) is 29.0 Å². The lowest BCUT2D eigenvalue weighted by Crippen LogP contribution is -2.12. The van der Waals surface area contributed by atoms with Gasteiger partial charge in [-0.3, -0.25) is 10.0 Å². The monoisotopic (exact) mass is 187 g/mol. The van der Waals surface area contributed by atoms with Gasteiger partial charge in [-0.15, -0.1) is 0 Å². The average molecular weight is 188 g/mol. The van der Waals surface area contributed by atoms with E-state index in [0.29, 0.717) is 16.9 Å². The van der Waals surface area contributed by atoms with E-state index in [2.05, 4.69) is 0 Å². The number of hydrogen-bond donors (Lipinski definition) is 1. The van der Waals surface area contributed by atoms with Gasteiger partial charge in [0, 0.05) is 12.1 Å². The molecule has 3 nitrogen and oxygen atoms in total. The Balaban J connectivity index is 2.48. The molecule has 0 heterocycles. The first-order valence-corrected chi connectivity index (χ1v) is 3.86. The highest BCUT2D eigenvalue weighted by molar-refractivity contribution is 6.30. The number of hydroxylamine groups is 2. The Kier molecular flexibility index (Phi) is 3.49. The third kappa shape index (κ3) is 3.19. The number of rotatable bonds is 3. The zero-order valence-corrected chi connectivity index (χ0v) is 7.45. The van der Waals surface area contributed by atoms with Crippen LogP contribution in [0.3, 0.4) is 0 Å². The molecule has 0 aliphatic heterocycles. The standard InChI is InChI=1S/C8H10ClNO2/c1-10(11)12-6-7-2-4-8(9)5-3-7/h2-5,11H,6H2,1H3. The van der Waals surface area contributed by atoms with E-state index in [-0.39, 0.29) is 0 Å². The van der Waals surface area contributed by atoms with Crippen LogP contribution in [-0.2, 0) is 11.4 Å². The first kappa shape index (κ1) is 9.48. The second-order valence-electron chi connectivity index (χ2n) is 2.36. The summed E-state index contributed by atoms with van der Waals surface area (Å²) < 4.78 is 0. The van der Waals surface area contributed by atoms with Crippen molar-refractivity contribution in [3.8, 4) is 0 Å². The van der Waals surface area contributed by atoms with E-state index in [1.165, 1.54) is 7.05 Å². The summed E-state index contributed by atoms with van der Waals surface area (Å²) in [4.78, 5) is 4.81. The van der Waals surface area contributed by atoms with Crippen LogP contribution >= 0.6 is 11.6 Å². The fourth-order valence-electron chi connectivity index (χ4n) is 0.749. The summed E-state index contributed by atoms with van der Waals surface area (Å²) in [6.45, 7) is 0.337. The summed E-state index contributed by atoms with van der Waals surface area (Å²) in [6, 6.07) is 7.23. The highest BCUT2D eigenvalue weighted by Gasteiger charge is 1.94. The number of nitrogens with zero attached hydrogens (tertiary/aromatic N) is 1. The molecule has 0 unspecified atom stereocenters. The minimum absolute atomic E-state index is 0.337. The molecule has 0 atom stereocenters. The fraction of sp³-hybridized carbons (Fsp3) is 0.250. The third-order valence-electron chi connectivity index (χ3n) is 1.33. The van der Waals surface area contributed by atoms with Gasteiger partial charge in [-0.25, -0.2) is 0 Å². The van der Waals surface area contributed by atoms with Crippen molar-refractivity contribution in [3.63, 3.8) is 0 Å². The number of hydrogen-bond acceptors (Lipinski definition) is 3. The van der Waals surface area contributed by atoms with Crippen molar-refractivity contribution in [2.75, 3.05) is 7.05 Å². The minimum atomic E-state index is 0.337. The van der Waals surface area contributed by atoms with Crippen LogP contribution in [0.25, 0.3) is 0 Å². The SMILES string of the molecule is CN(O)OCc1ccc(Cl)cc1. The Labute approximate surface area is 76.0 Å². The minimum Gasteiger partial charge on any atom is -0.290 e. The summed E-state index contributed by atoms with van der Waals surface area (Å²) >= 11 is 5.67. The zero-order chi connectivity index (χ0) is 8.97. The van der Waals surface area contributed by atoms with Crippen LogP contribution in [0.15, 0.2) is 24.3 Å². The molecule has 0 aromatic heterocycles. The highest BCUT2D eigenvalue weighted by Crippen LogP contribution is 2.10. The summed E-state index contributed by atoms with van der Waals surface area (Å²) in [5.74, 6) is 0. The van der Waals surface area contributed by atoms with E-state index in [9.17, 15) is 0 Å². The molecule has 0 saturated heterocycles. The van der Waals surface area contributed by atoms with Crippen molar-refractivity contribution < 1.29 is 10.0 Å². The van der Waals surface area contributed by atoms with E-state index in [0.717, 1.165) is 5.56 Å².